The smallest absolute Gasteiger partial charge is 0.0615 e. The van der Waals surface area contributed by atoms with Crippen molar-refractivity contribution in [2.75, 3.05) is 13.2 Å². The van der Waals surface area contributed by atoms with E-state index < -0.39 is 0 Å². The Morgan fingerprint density at radius 3 is 2.62 bits per heavy atom. The standard InChI is InChI=1S/C10H19NO2/c1-2-13-9-5-10(6-9,7-12)11-8-3-4-8/h8-9,11-12H,2-7H2,1H3. The molecule has 0 aliphatic heterocycles. The predicted octanol–water partition coefficient (Wildman–Crippen LogP) is 0.668. The minimum Gasteiger partial charge on any atom is -0.394 e. The summed E-state index contributed by atoms with van der Waals surface area (Å²) < 4.78 is 5.49. The van der Waals surface area contributed by atoms with Crippen LogP contribution in [-0.2, 0) is 4.74 Å². The molecule has 0 aromatic rings. The largest absolute Gasteiger partial charge is 0.394 e. The second-order valence-electron chi connectivity index (χ2n) is 4.34. The Labute approximate surface area is 79.5 Å². The van der Waals surface area contributed by atoms with E-state index >= 15 is 0 Å². The van der Waals surface area contributed by atoms with Crippen LogP contribution in [0.4, 0.5) is 0 Å². The molecule has 0 aromatic carbocycles. The molecule has 3 heteroatoms. The second-order valence-corrected chi connectivity index (χ2v) is 4.34. The highest BCUT2D eigenvalue weighted by Gasteiger charge is 2.46. The van der Waals surface area contributed by atoms with Crippen molar-refractivity contribution in [1.82, 2.24) is 5.32 Å². The molecule has 76 valence electrons. The van der Waals surface area contributed by atoms with Gasteiger partial charge >= 0.3 is 0 Å². The molecule has 2 fully saturated rings. The number of ether oxygens (including phenoxy) is 1. The highest BCUT2D eigenvalue weighted by atomic mass is 16.5. The van der Waals surface area contributed by atoms with Crippen LogP contribution in [-0.4, -0.2) is 36.0 Å². The molecule has 0 saturated heterocycles. The summed E-state index contributed by atoms with van der Waals surface area (Å²) in [6, 6.07) is 0.676. The topological polar surface area (TPSA) is 41.5 Å². The molecule has 0 amide bonds. The van der Waals surface area contributed by atoms with Gasteiger partial charge in [-0.05, 0) is 32.6 Å². The lowest BCUT2D eigenvalue weighted by atomic mass is 9.74. The molecule has 0 spiro atoms. The number of aliphatic hydroxyl groups is 1. The van der Waals surface area contributed by atoms with Crippen molar-refractivity contribution in [2.24, 2.45) is 0 Å². The molecule has 13 heavy (non-hydrogen) atoms. The van der Waals surface area contributed by atoms with Crippen molar-refractivity contribution in [3.63, 3.8) is 0 Å². The molecule has 0 unspecified atom stereocenters. The van der Waals surface area contributed by atoms with Crippen LogP contribution < -0.4 is 5.32 Å². The van der Waals surface area contributed by atoms with Gasteiger partial charge in [-0.1, -0.05) is 0 Å². The first-order valence-corrected chi connectivity index (χ1v) is 5.28. The van der Waals surface area contributed by atoms with Crippen LogP contribution in [0.2, 0.25) is 0 Å². The third-order valence-electron chi connectivity index (χ3n) is 3.03. The van der Waals surface area contributed by atoms with Gasteiger partial charge in [-0.2, -0.15) is 0 Å². The first kappa shape index (κ1) is 9.44. The van der Waals surface area contributed by atoms with Gasteiger partial charge in [-0.3, -0.25) is 0 Å². The Bertz CT molecular complexity index is 174. The van der Waals surface area contributed by atoms with E-state index in [1.165, 1.54) is 12.8 Å². The van der Waals surface area contributed by atoms with Crippen LogP contribution in [0, 0.1) is 0 Å². The van der Waals surface area contributed by atoms with Gasteiger partial charge in [0.05, 0.1) is 12.7 Å². The van der Waals surface area contributed by atoms with E-state index in [1.54, 1.807) is 0 Å². The second kappa shape index (κ2) is 3.56. The molecule has 2 N–H and O–H groups in total. The quantitative estimate of drug-likeness (QED) is 0.661. The van der Waals surface area contributed by atoms with Gasteiger partial charge in [0.1, 0.15) is 0 Å². The fraction of sp³-hybridized carbons (Fsp3) is 1.00. The number of aliphatic hydroxyl groups excluding tert-OH is 1. The maximum atomic E-state index is 9.28. The van der Waals surface area contributed by atoms with Crippen molar-refractivity contribution < 1.29 is 9.84 Å². The average molecular weight is 185 g/mol. The zero-order valence-corrected chi connectivity index (χ0v) is 8.25. The van der Waals surface area contributed by atoms with Crippen LogP contribution in [0.3, 0.4) is 0 Å². The molecule has 3 nitrogen and oxygen atoms in total. The Morgan fingerprint density at radius 2 is 2.15 bits per heavy atom. The van der Waals surface area contributed by atoms with E-state index in [4.69, 9.17) is 4.74 Å². The van der Waals surface area contributed by atoms with E-state index in [1.807, 2.05) is 6.92 Å². The van der Waals surface area contributed by atoms with E-state index in [2.05, 4.69) is 5.32 Å². The van der Waals surface area contributed by atoms with Gasteiger partial charge in [-0.25, -0.2) is 0 Å². The molecule has 2 aliphatic rings. The average Bonchev–Trinajstić information content (AvgIpc) is 2.84. The van der Waals surface area contributed by atoms with Crippen LogP contribution >= 0.6 is 0 Å². The number of nitrogens with one attached hydrogen (secondary N) is 1. The first-order valence-electron chi connectivity index (χ1n) is 5.28. The van der Waals surface area contributed by atoms with E-state index in [9.17, 15) is 5.11 Å². The van der Waals surface area contributed by atoms with Crippen molar-refractivity contribution in [3.8, 4) is 0 Å². The lowest BCUT2D eigenvalue weighted by Crippen LogP contribution is -2.61. The third kappa shape index (κ3) is 2.03. The summed E-state index contributed by atoms with van der Waals surface area (Å²) in [5.41, 5.74) is 0.000995. The van der Waals surface area contributed by atoms with Gasteiger partial charge in [0.25, 0.3) is 0 Å². The minimum atomic E-state index is 0.000995. The zero-order chi connectivity index (χ0) is 9.31. The molecule has 2 aliphatic carbocycles. The van der Waals surface area contributed by atoms with E-state index in [0.717, 1.165) is 19.4 Å². The predicted molar refractivity (Wildman–Crippen MR) is 50.6 cm³/mol. The molecule has 0 radical (unpaired) electrons. The minimum absolute atomic E-state index is 0.000995. The molecule has 0 bridgehead atoms. The molecular weight excluding hydrogens is 166 g/mol. The maximum absolute atomic E-state index is 9.28. The van der Waals surface area contributed by atoms with Gasteiger partial charge in [0.2, 0.25) is 0 Å². The van der Waals surface area contributed by atoms with Crippen molar-refractivity contribution in [1.29, 1.82) is 0 Å². The summed E-state index contributed by atoms with van der Waals surface area (Å²) >= 11 is 0. The molecule has 2 saturated carbocycles. The maximum Gasteiger partial charge on any atom is 0.0615 e. The SMILES string of the molecule is CCOC1CC(CO)(NC2CC2)C1. The van der Waals surface area contributed by atoms with Crippen LogP contribution in [0.15, 0.2) is 0 Å². The number of hydrogen-bond donors (Lipinski definition) is 2. The molecular formula is C10H19NO2. The Kier molecular flexibility index (Phi) is 2.58. The molecule has 0 aromatic heterocycles. The van der Waals surface area contributed by atoms with E-state index in [0.29, 0.717) is 12.1 Å². The molecule has 0 heterocycles. The Balaban J connectivity index is 1.76. The zero-order valence-electron chi connectivity index (χ0n) is 8.25. The van der Waals surface area contributed by atoms with Gasteiger partial charge in [0.15, 0.2) is 0 Å². The van der Waals surface area contributed by atoms with E-state index in [-0.39, 0.29) is 12.1 Å². The van der Waals surface area contributed by atoms with Crippen LogP contribution in [0.25, 0.3) is 0 Å². The highest BCUT2D eigenvalue weighted by molar-refractivity contribution is 5.05. The summed E-state index contributed by atoms with van der Waals surface area (Å²) in [6.45, 7) is 3.07. The van der Waals surface area contributed by atoms with Gasteiger partial charge in [0, 0.05) is 18.2 Å². The molecule has 0 atom stereocenters. The Hall–Kier alpha value is -0.120. The summed E-state index contributed by atoms with van der Waals surface area (Å²) in [5.74, 6) is 0. The third-order valence-corrected chi connectivity index (χ3v) is 3.03. The molecule has 2 rings (SSSR count). The summed E-state index contributed by atoms with van der Waals surface area (Å²) in [5, 5.41) is 12.8. The monoisotopic (exact) mass is 185 g/mol. The van der Waals surface area contributed by atoms with Gasteiger partial charge < -0.3 is 15.2 Å². The van der Waals surface area contributed by atoms with Crippen LogP contribution in [0.5, 0.6) is 0 Å². The van der Waals surface area contributed by atoms with Crippen molar-refractivity contribution >= 4 is 0 Å². The van der Waals surface area contributed by atoms with Crippen molar-refractivity contribution in [2.45, 2.75) is 50.3 Å². The van der Waals surface area contributed by atoms with Crippen LogP contribution in [0.1, 0.15) is 32.6 Å². The van der Waals surface area contributed by atoms with Crippen molar-refractivity contribution in [3.05, 3.63) is 0 Å². The lowest BCUT2D eigenvalue weighted by Gasteiger charge is -2.47. The number of hydrogen-bond acceptors (Lipinski definition) is 3. The normalized spacial score (nSPS) is 38.8. The van der Waals surface area contributed by atoms with Gasteiger partial charge in [-0.15, -0.1) is 0 Å². The summed E-state index contributed by atoms with van der Waals surface area (Å²) in [6.07, 6.45) is 4.90. The summed E-state index contributed by atoms with van der Waals surface area (Å²) in [7, 11) is 0. The number of rotatable bonds is 5. The summed E-state index contributed by atoms with van der Waals surface area (Å²) in [4.78, 5) is 0. The first-order chi connectivity index (χ1) is 6.28. The lowest BCUT2D eigenvalue weighted by molar-refractivity contribution is -0.0698. The Morgan fingerprint density at radius 1 is 1.46 bits per heavy atom. The fourth-order valence-corrected chi connectivity index (χ4v) is 2.12. The fourth-order valence-electron chi connectivity index (χ4n) is 2.12. The highest BCUT2D eigenvalue weighted by Crippen LogP contribution is 2.37.